The Bertz CT molecular complexity index is 1090. The van der Waals surface area contributed by atoms with Crippen molar-refractivity contribution in [2.24, 2.45) is 0 Å². The molecule has 0 spiro atoms. The molecule has 1 saturated heterocycles. The van der Waals surface area contributed by atoms with E-state index in [1.165, 1.54) is 6.08 Å². The Kier molecular flexibility index (Phi) is 6.04. The number of carbonyl (C=O) groups is 4. The Balaban J connectivity index is 1.74. The van der Waals surface area contributed by atoms with Gasteiger partial charge in [0.1, 0.15) is 22.4 Å². The average Bonchev–Trinajstić information content (AvgIpc) is 3.19. The lowest BCUT2D eigenvalue weighted by atomic mass is 10.1. The van der Waals surface area contributed by atoms with E-state index in [1.54, 1.807) is 19.1 Å². The van der Waals surface area contributed by atoms with Gasteiger partial charge in [-0.3, -0.25) is 14.5 Å². The minimum atomic E-state index is -1.34. The lowest BCUT2D eigenvalue weighted by Crippen LogP contribution is -2.36. The minimum absolute atomic E-state index is 0.0238. The maximum Gasteiger partial charge on any atom is 0.335 e. The van der Waals surface area contributed by atoms with E-state index in [2.05, 4.69) is 5.32 Å². The second-order valence-corrected chi connectivity index (χ2v) is 7.85. The second-order valence-electron chi connectivity index (χ2n) is 6.17. The number of thioether (sulfide) groups is 1. The van der Waals surface area contributed by atoms with Crippen molar-refractivity contribution in [2.45, 2.75) is 6.92 Å². The molecule has 0 radical (unpaired) electrons. The van der Waals surface area contributed by atoms with E-state index in [4.69, 9.17) is 26.8 Å². The lowest BCUT2D eigenvalue weighted by Gasteiger charge is -2.14. The molecule has 154 valence electrons. The van der Waals surface area contributed by atoms with Crippen molar-refractivity contribution in [1.82, 2.24) is 4.90 Å². The molecule has 3 N–H and O–H groups in total. The number of carboxylic acids is 2. The summed E-state index contributed by atoms with van der Waals surface area (Å²) in [6, 6.07) is 6.66. The number of hydrogen-bond donors (Lipinski definition) is 3. The van der Waals surface area contributed by atoms with Gasteiger partial charge in [0.25, 0.3) is 5.91 Å². The third kappa shape index (κ3) is 4.75. The number of furan rings is 1. The molecule has 11 heteroatoms. The number of nitrogens with zero attached hydrogens (tertiary/aromatic N) is 1. The summed E-state index contributed by atoms with van der Waals surface area (Å²) in [5.74, 6) is -2.67. The molecule has 0 saturated carbocycles. The number of benzene rings is 1. The first-order valence-corrected chi connectivity index (χ1v) is 9.60. The maximum atomic E-state index is 12.6. The van der Waals surface area contributed by atoms with Gasteiger partial charge < -0.3 is 19.9 Å². The van der Waals surface area contributed by atoms with Crippen molar-refractivity contribution < 1.29 is 33.8 Å². The zero-order chi connectivity index (χ0) is 22.0. The van der Waals surface area contributed by atoms with Crippen molar-refractivity contribution in [1.29, 1.82) is 0 Å². The zero-order valence-electron chi connectivity index (χ0n) is 15.4. The van der Waals surface area contributed by atoms with Crippen LogP contribution in [0.3, 0.4) is 0 Å². The number of hydrogen-bond acceptors (Lipinski definition) is 7. The van der Waals surface area contributed by atoms with Crippen molar-refractivity contribution in [3.05, 3.63) is 57.9 Å². The summed E-state index contributed by atoms with van der Waals surface area (Å²) in [6.45, 7) is 1.35. The highest BCUT2D eigenvalue weighted by molar-refractivity contribution is 8.26. The van der Waals surface area contributed by atoms with Crippen LogP contribution in [0.25, 0.3) is 6.08 Å². The largest absolute Gasteiger partial charge is 0.478 e. The van der Waals surface area contributed by atoms with Gasteiger partial charge in [-0.05, 0) is 37.3 Å². The molecule has 2 aromatic rings. The van der Waals surface area contributed by atoms with Gasteiger partial charge in [-0.1, -0.05) is 24.0 Å². The zero-order valence-corrected chi connectivity index (χ0v) is 17.0. The van der Waals surface area contributed by atoms with Gasteiger partial charge in [-0.2, -0.15) is 0 Å². The van der Waals surface area contributed by atoms with Gasteiger partial charge in [0.05, 0.1) is 16.0 Å². The molecule has 2 heterocycles. The SMILES string of the molecule is Cc1ccc(/C=C2\SC(=S)N(CC(=O)Nc3cc(C(=O)O)cc(C(=O)O)c3)C2=O)o1. The number of aromatic carboxylic acids is 2. The monoisotopic (exact) mass is 446 g/mol. The Morgan fingerprint density at radius 2 is 1.80 bits per heavy atom. The van der Waals surface area contributed by atoms with E-state index in [0.717, 1.165) is 34.9 Å². The quantitative estimate of drug-likeness (QED) is 0.452. The number of carbonyl (C=O) groups excluding carboxylic acids is 2. The highest BCUT2D eigenvalue weighted by atomic mass is 32.2. The maximum absolute atomic E-state index is 12.6. The third-order valence-electron chi connectivity index (χ3n) is 3.92. The van der Waals surface area contributed by atoms with Crippen LogP contribution in [-0.2, 0) is 9.59 Å². The van der Waals surface area contributed by atoms with E-state index in [1.807, 2.05) is 0 Å². The van der Waals surface area contributed by atoms with Crippen molar-refractivity contribution >= 4 is 63.8 Å². The van der Waals surface area contributed by atoms with E-state index < -0.39 is 30.3 Å². The van der Waals surface area contributed by atoms with Crippen LogP contribution in [0.15, 0.2) is 39.7 Å². The van der Waals surface area contributed by atoms with Crippen molar-refractivity contribution in [2.75, 3.05) is 11.9 Å². The lowest BCUT2D eigenvalue weighted by molar-refractivity contribution is -0.126. The molecule has 1 aliphatic rings. The number of carboxylic acid groups (broad SMARTS) is 2. The Morgan fingerprint density at radius 3 is 2.33 bits per heavy atom. The minimum Gasteiger partial charge on any atom is -0.478 e. The van der Waals surface area contributed by atoms with Crippen LogP contribution < -0.4 is 5.32 Å². The standard InChI is InChI=1S/C19H14N2O7S2/c1-9-2-3-13(28-9)7-14-16(23)21(19(29)30-14)8-15(22)20-12-5-10(17(24)25)4-11(6-12)18(26)27/h2-7H,8H2,1H3,(H,20,22)(H,24,25)(H,26,27)/b14-7-. The molecular weight excluding hydrogens is 432 g/mol. The van der Waals surface area contributed by atoms with E-state index in [-0.39, 0.29) is 21.1 Å². The smallest absolute Gasteiger partial charge is 0.335 e. The van der Waals surface area contributed by atoms with Crippen molar-refractivity contribution in [3.8, 4) is 0 Å². The van der Waals surface area contributed by atoms with E-state index in [0.29, 0.717) is 16.4 Å². The highest BCUT2D eigenvalue weighted by Gasteiger charge is 2.33. The van der Waals surface area contributed by atoms with Crippen LogP contribution in [0.4, 0.5) is 5.69 Å². The van der Waals surface area contributed by atoms with Crippen LogP contribution in [0.1, 0.15) is 32.2 Å². The average molecular weight is 446 g/mol. The summed E-state index contributed by atoms with van der Waals surface area (Å²) in [7, 11) is 0. The summed E-state index contributed by atoms with van der Waals surface area (Å²) in [5.41, 5.74) is -0.621. The molecule has 2 amide bonds. The fraction of sp³-hybridized carbons (Fsp3) is 0.105. The fourth-order valence-electron chi connectivity index (χ4n) is 2.59. The summed E-state index contributed by atoms with van der Waals surface area (Å²) in [5, 5.41) is 20.6. The van der Waals surface area contributed by atoms with Gasteiger partial charge >= 0.3 is 11.9 Å². The number of aryl methyl sites for hydroxylation is 1. The van der Waals surface area contributed by atoms with Crippen LogP contribution in [0, 0.1) is 6.92 Å². The van der Waals surface area contributed by atoms with Gasteiger partial charge in [0, 0.05) is 11.8 Å². The van der Waals surface area contributed by atoms with Crippen LogP contribution in [-0.4, -0.2) is 49.7 Å². The summed E-state index contributed by atoms with van der Waals surface area (Å²) in [4.78, 5) is 48.7. The molecule has 0 aliphatic carbocycles. The van der Waals surface area contributed by atoms with Crippen molar-refractivity contribution in [3.63, 3.8) is 0 Å². The van der Waals surface area contributed by atoms with E-state index >= 15 is 0 Å². The predicted octanol–water partition coefficient (Wildman–Crippen LogP) is 2.82. The third-order valence-corrected chi connectivity index (χ3v) is 5.30. The van der Waals surface area contributed by atoms with Crippen LogP contribution >= 0.6 is 24.0 Å². The molecular formula is C19H14N2O7S2. The normalized spacial score (nSPS) is 15.0. The molecule has 0 atom stereocenters. The molecule has 1 aromatic carbocycles. The first-order chi connectivity index (χ1) is 14.1. The number of nitrogens with one attached hydrogen (secondary N) is 1. The molecule has 1 aromatic heterocycles. The second kappa shape index (κ2) is 8.51. The van der Waals surface area contributed by atoms with Crippen LogP contribution in [0.5, 0.6) is 0 Å². The fourth-order valence-corrected chi connectivity index (χ4v) is 3.82. The Morgan fingerprint density at radius 1 is 1.17 bits per heavy atom. The summed E-state index contributed by atoms with van der Waals surface area (Å²) >= 11 is 6.19. The van der Waals surface area contributed by atoms with Gasteiger partial charge in [-0.25, -0.2) is 9.59 Å². The molecule has 3 rings (SSSR count). The van der Waals surface area contributed by atoms with Gasteiger partial charge in [0.2, 0.25) is 5.91 Å². The topological polar surface area (TPSA) is 137 Å². The number of thiocarbonyl (C=S) groups is 1. The van der Waals surface area contributed by atoms with Gasteiger partial charge in [-0.15, -0.1) is 0 Å². The molecule has 30 heavy (non-hydrogen) atoms. The molecule has 9 nitrogen and oxygen atoms in total. The predicted molar refractivity (Wildman–Crippen MR) is 112 cm³/mol. The molecule has 0 bridgehead atoms. The Hall–Kier alpha value is -3.44. The molecule has 1 aliphatic heterocycles. The van der Waals surface area contributed by atoms with E-state index in [9.17, 15) is 19.2 Å². The highest BCUT2D eigenvalue weighted by Crippen LogP contribution is 2.32. The van der Waals surface area contributed by atoms with Crippen LogP contribution in [0.2, 0.25) is 0 Å². The number of amides is 2. The Labute approximate surface area is 179 Å². The van der Waals surface area contributed by atoms with Gasteiger partial charge in [0.15, 0.2) is 0 Å². The first kappa shape index (κ1) is 21.3. The first-order valence-electron chi connectivity index (χ1n) is 8.37. The molecule has 0 unspecified atom stereocenters. The summed E-state index contributed by atoms with van der Waals surface area (Å²) < 4.78 is 5.58. The summed E-state index contributed by atoms with van der Waals surface area (Å²) in [6.07, 6.45) is 1.53. The molecule has 1 fully saturated rings. The number of rotatable bonds is 6. The number of anilines is 1.